The smallest absolute Gasteiger partial charge is 0.225 e. The summed E-state index contributed by atoms with van der Waals surface area (Å²) in [6, 6.07) is 6.13. The average molecular weight is 455 g/mol. The summed E-state index contributed by atoms with van der Waals surface area (Å²) >= 11 is 1.78. The highest BCUT2D eigenvalue weighted by atomic mass is 32.2. The quantitative estimate of drug-likeness (QED) is 0.401. The van der Waals surface area contributed by atoms with E-state index in [-0.39, 0.29) is 5.41 Å². The minimum Gasteiger partial charge on any atom is -0.348 e. The van der Waals surface area contributed by atoms with Crippen molar-refractivity contribution in [3.8, 4) is 11.5 Å². The van der Waals surface area contributed by atoms with Gasteiger partial charge in [-0.15, -0.1) is 10.2 Å². The lowest BCUT2D eigenvalue weighted by molar-refractivity contribution is 0.258. The molecule has 0 N–H and O–H groups in total. The lowest BCUT2D eigenvalue weighted by atomic mass is 9.92. The number of thioether (sulfide) groups is 1. The lowest BCUT2D eigenvalue weighted by Crippen LogP contribution is -2.47. The molecule has 0 saturated carbocycles. The Hall–Kier alpha value is -2.39. The number of rotatable bonds is 7. The summed E-state index contributed by atoms with van der Waals surface area (Å²) in [4.78, 5) is 14.2. The minimum absolute atomic E-state index is 0.0432. The Bertz CT molecular complexity index is 1030. The Balaban J connectivity index is 1.22. The van der Waals surface area contributed by atoms with Gasteiger partial charge < -0.3 is 14.0 Å². The van der Waals surface area contributed by atoms with Crippen molar-refractivity contribution >= 4 is 17.7 Å². The van der Waals surface area contributed by atoms with Crippen LogP contribution in [0.2, 0.25) is 0 Å². The highest BCUT2D eigenvalue weighted by molar-refractivity contribution is 7.99. The number of hydrogen-bond donors (Lipinski definition) is 0. The second kappa shape index (κ2) is 9.62. The first kappa shape index (κ1) is 22.8. The van der Waals surface area contributed by atoms with E-state index in [1.165, 1.54) is 0 Å². The molecule has 0 atom stereocenters. The van der Waals surface area contributed by atoms with Crippen LogP contribution in [0.3, 0.4) is 0 Å². The predicted molar refractivity (Wildman–Crippen MR) is 130 cm³/mol. The number of piperazine rings is 1. The molecule has 0 unspecified atom stereocenters. The molecule has 1 fully saturated rings. The van der Waals surface area contributed by atoms with Gasteiger partial charge in [-0.25, -0.2) is 9.97 Å². The fourth-order valence-electron chi connectivity index (χ4n) is 3.90. The van der Waals surface area contributed by atoms with E-state index in [4.69, 9.17) is 4.98 Å². The molecule has 1 aliphatic rings. The van der Waals surface area contributed by atoms with E-state index in [2.05, 4.69) is 61.0 Å². The zero-order chi connectivity index (χ0) is 22.7. The average Bonchev–Trinajstić information content (AvgIpc) is 3.36. The van der Waals surface area contributed by atoms with E-state index in [9.17, 15) is 0 Å². The Morgan fingerprint density at radius 3 is 2.50 bits per heavy atom. The first-order valence-electron chi connectivity index (χ1n) is 11.3. The van der Waals surface area contributed by atoms with Crippen LogP contribution in [0.4, 0.5) is 5.95 Å². The van der Waals surface area contributed by atoms with Gasteiger partial charge in [-0.05, 0) is 31.2 Å². The molecule has 0 bridgehead atoms. The highest BCUT2D eigenvalue weighted by Gasteiger charge is 2.21. The van der Waals surface area contributed by atoms with Crippen LogP contribution in [0.25, 0.3) is 11.5 Å². The first-order valence-corrected chi connectivity index (χ1v) is 12.3. The van der Waals surface area contributed by atoms with Crippen molar-refractivity contribution in [3.63, 3.8) is 0 Å². The summed E-state index contributed by atoms with van der Waals surface area (Å²) in [5.41, 5.74) is 2.23. The number of nitrogens with zero attached hydrogens (tertiary/aromatic N) is 8. The van der Waals surface area contributed by atoms with Crippen molar-refractivity contribution in [3.05, 3.63) is 36.3 Å². The molecule has 8 nitrogen and oxygen atoms in total. The van der Waals surface area contributed by atoms with Gasteiger partial charge in [-0.3, -0.25) is 4.90 Å². The van der Waals surface area contributed by atoms with Crippen LogP contribution in [-0.2, 0) is 19.5 Å². The SMILES string of the molecule is Cn1cccc1-c1nnc(SCCCN2CCN(c3nccc(C(C)(C)C)n3)CC2)n1C. The van der Waals surface area contributed by atoms with Crippen LogP contribution in [0, 0.1) is 0 Å². The molecule has 4 heterocycles. The molecule has 4 rings (SSSR count). The number of anilines is 1. The molecule has 0 radical (unpaired) electrons. The van der Waals surface area contributed by atoms with Gasteiger partial charge in [0.2, 0.25) is 5.95 Å². The van der Waals surface area contributed by atoms with E-state index in [0.717, 1.165) is 73.2 Å². The molecular formula is C23H34N8S. The van der Waals surface area contributed by atoms with Crippen LogP contribution < -0.4 is 4.90 Å². The summed E-state index contributed by atoms with van der Waals surface area (Å²) in [6.07, 6.45) is 5.05. The molecule has 3 aromatic rings. The largest absolute Gasteiger partial charge is 0.348 e. The fourth-order valence-corrected chi connectivity index (χ4v) is 4.73. The molecular weight excluding hydrogens is 420 g/mol. The van der Waals surface area contributed by atoms with Gasteiger partial charge in [0.1, 0.15) is 0 Å². The first-order chi connectivity index (χ1) is 15.3. The second-order valence-electron chi connectivity index (χ2n) is 9.39. The van der Waals surface area contributed by atoms with Gasteiger partial charge in [0.25, 0.3) is 0 Å². The van der Waals surface area contributed by atoms with Crippen LogP contribution in [0.15, 0.2) is 35.7 Å². The zero-order valence-corrected chi connectivity index (χ0v) is 20.6. The molecule has 32 heavy (non-hydrogen) atoms. The molecule has 3 aromatic heterocycles. The van der Waals surface area contributed by atoms with Gasteiger partial charge in [-0.1, -0.05) is 32.5 Å². The standard InChI is InChI=1S/C23H34N8S/c1-23(2,3)19-9-10-24-21(25-19)31-15-13-30(14-16-31)12-7-17-32-22-27-26-20(29(22)5)18-8-6-11-28(18)4/h6,8-11H,7,12-17H2,1-5H3. The minimum atomic E-state index is 0.0432. The molecule has 1 saturated heterocycles. The molecule has 172 valence electrons. The van der Waals surface area contributed by atoms with E-state index in [1.54, 1.807) is 11.8 Å². The van der Waals surface area contributed by atoms with E-state index in [0.29, 0.717) is 0 Å². The van der Waals surface area contributed by atoms with Gasteiger partial charge in [0.05, 0.1) is 11.4 Å². The van der Waals surface area contributed by atoms with Crippen molar-refractivity contribution < 1.29 is 0 Å². The fraction of sp³-hybridized carbons (Fsp3) is 0.565. The Labute approximate surface area is 195 Å². The summed E-state index contributed by atoms with van der Waals surface area (Å²) in [6.45, 7) is 11.7. The summed E-state index contributed by atoms with van der Waals surface area (Å²) in [5, 5.41) is 9.76. The summed E-state index contributed by atoms with van der Waals surface area (Å²) in [5.74, 6) is 2.81. The zero-order valence-electron chi connectivity index (χ0n) is 19.8. The van der Waals surface area contributed by atoms with Gasteiger partial charge in [0, 0.05) is 63.8 Å². The number of aryl methyl sites for hydroxylation is 1. The van der Waals surface area contributed by atoms with Gasteiger partial charge >= 0.3 is 0 Å². The van der Waals surface area contributed by atoms with Crippen LogP contribution in [-0.4, -0.2) is 72.7 Å². The van der Waals surface area contributed by atoms with Crippen molar-refractivity contribution in [1.82, 2.24) is 34.2 Å². The summed E-state index contributed by atoms with van der Waals surface area (Å²) in [7, 11) is 4.07. The molecule has 1 aliphatic heterocycles. The van der Waals surface area contributed by atoms with Crippen LogP contribution >= 0.6 is 11.8 Å². The molecule has 0 amide bonds. The third-order valence-electron chi connectivity index (χ3n) is 5.92. The Morgan fingerprint density at radius 1 is 1.03 bits per heavy atom. The molecule has 0 aromatic carbocycles. The number of aromatic nitrogens is 6. The van der Waals surface area contributed by atoms with Gasteiger partial charge in [0.15, 0.2) is 11.0 Å². The molecule has 0 spiro atoms. The number of hydrogen-bond acceptors (Lipinski definition) is 7. The maximum absolute atomic E-state index is 4.81. The molecule has 0 aliphatic carbocycles. The Kier molecular flexibility index (Phi) is 6.85. The third-order valence-corrected chi connectivity index (χ3v) is 7.03. The van der Waals surface area contributed by atoms with Crippen LogP contribution in [0.5, 0.6) is 0 Å². The van der Waals surface area contributed by atoms with Crippen molar-refractivity contribution in [2.75, 3.05) is 43.4 Å². The monoisotopic (exact) mass is 454 g/mol. The maximum atomic E-state index is 4.81. The topological polar surface area (TPSA) is 67.9 Å². The van der Waals surface area contributed by atoms with E-state index in [1.807, 2.05) is 38.6 Å². The van der Waals surface area contributed by atoms with Crippen molar-refractivity contribution in [2.45, 2.75) is 37.8 Å². The molecule has 9 heteroatoms. The normalized spacial score (nSPS) is 15.5. The summed E-state index contributed by atoms with van der Waals surface area (Å²) < 4.78 is 4.16. The van der Waals surface area contributed by atoms with Crippen molar-refractivity contribution in [2.24, 2.45) is 14.1 Å². The third kappa shape index (κ3) is 5.15. The highest BCUT2D eigenvalue weighted by Crippen LogP contribution is 2.24. The predicted octanol–water partition coefficient (Wildman–Crippen LogP) is 3.21. The van der Waals surface area contributed by atoms with Crippen LogP contribution in [0.1, 0.15) is 32.9 Å². The Morgan fingerprint density at radius 2 is 1.81 bits per heavy atom. The van der Waals surface area contributed by atoms with E-state index >= 15 is 0 Å². The lowest BCUT2D eigenvalue weighted by Gasteiger charge is -2.35. The maximum Gasteiger partial charge on any atom is 0.225 e. The van der Waals surface area contributed by atoms with Gasteiger partial charge in [-0.2, -0.15) is 0 Å². The van der Waals surface area contributed by atoms with E-state index < -0.39 is 0 Å². The van der Waals surface area contributed by atoms with Crippen molar-refractivity contribution in [1.29, 1.82) is 0 Å². The second-order valence-corrected chi connectivity index (χ2v) is 10.5.